The van der Waals surface area contributed by atoms with Gasteiger partial charge in [0.25, 0.3) is 0 Å². The summed E-state index contributed by atoms with van der Waals surface area (Å²) in [5.74, 6) is 0. The largest absolute Gasteiger partial charge is 0.394 e. The van der Waals surface area contributed by atoms with E-state index in [1.54, 1.807) is 13.8 Å². The molecule has 0 bridgehead atoms. The van der Waals surface area contributed by atoms with Gasteiger partial charge in [-0.3, -0.25) is 0 Å². The van der Waals surface area contributed by atoms with Crippen molar-refractivity contribution >= 4 is 0 Å². The van der Waals surface area contributed by atoms with Crippen molar-refractivity contribution in [1.82, 2.24) is 0 Å². The first kappa shape index (κ1) is 9.99. The summed E-state index contributed by atoms with van der Waals surface area (Å²) in [7, 11) is 0. The molecule has 3 N–H and O–H groups in total. The van der Waals surface area contributed by atoms with Crippen LogP contribution >= 0.6 is 0 Å². The van der Waals surface area contributed by atoms with Gasteiger partial charge in [-0.2, -0.15) is 0 Å². The van der Waals surface area contributed by atoms with Gasteiger partial charge in [-0.15, -0.1) is 0 Å². The Balaban J connectivity index is 0. The molecular formula is C4H12O3. The van der Waals surface area contributed by atoms with Gasteiger partial charge in [0, 0.05) is 6.10 Å². The molecule has 7 heavy (non-hydrogen) atoms. The van der Waals surface area contributed by atoms with Crippen LogP contribution < -0.4 is 0 Å². The molecule has 0 aromatic heterocycles. The number of aliphatic hydroxyl groups is 3. The first-order chi connectivity index (χ1) is 3.15. The number of rotatable bonds is 0. The van der Waals surface area contributed by atoms with Gasteiger partial charge in [0.05, 0.1) is 0 Å². The molecule has 0 aliphatic rings. The molecule has 0 aliphatic carbocycles. The van der Waals surface area contributed by atoms with Crippen molar-refractivity contribution in [3.05, 3.63) is 0 Å². The van der Waals surface area contributed by atoms with Crippen LogP contribution in [0.2, 0.25) is 0 Å². The van der Waals surface area contributed by atoms with Crippen LogP contribution in [0.25, 0.3) is 0 Å². The van der Waals surface area contributed by atoms with Gasteiger partial charge in [0.2, 0.25) is 0 Å². The van der Waals surface area contributed by atoms with Crippen LogP contribution in [0.3, 0.4) is 0 Å². The Morgan fingerprint density at radius 2 is 1.29 bits per heavy atom. The van der Waals surface area contributed by atoms with Crippen molar-refractivity contribution in [2.24, 2.45) is 0 Å². The summed E-state index contributed by atoms with van der Waals surface area (Å²) < 4.78 is 0. The van der Waals surface area contributed by atoms with E-state index in [0.717, 1.165) is 0 Å². The van der Waals surface area contributed by atoms with Crippen molar-refractivity contribution in [1.29, 1.82) is 0 Å². The molecule has 0 amide bonds. The fraction of sp³-hybridized carbons (Fsp3) is 1.00. The highest BCUT2D eigenvalue weighted by atomic mass is 16.5. The third-order valence-corrected chi connectivity index (χ3v) is 0. The van der Waals surface area contributed by atoms with Crippen LogP contribution in [-0.2, 0) is 0 Å². The summed E-state index contributed by atoms with van der Waals surface area (Å²) in [6, 6.07) is 0. The molecule has 46 valence electrons. The Kier molecular flexibility index (Phi) is 13.3. The maximum absolute atomic E-state index is 8.06. The second-order valence-corrected chi connectivity index (χ2v) is 1.24. The van der Waals surface area contributed by atoms with E-state index in [4.69, 9.17) is 15.3 Å². The highest BCUT2D eigenvalue weighted by Gasteiger charge is 1.69. The zero-order chi connectivity index (χ0) is 6.28. The minimum atomic E-state index is -0.750. The summed E-state index contributed by atoms with van der Waals surface area (Å²) in [6.45, 7) is 2.69. The second-order valence-electron chi connectivity index (χ2n) is 1.24. The molecule has 0 spiro atoms. The Morgan fingerprint density at radius 1 is 1.29 bits per heavy atom. The van der Waals surface area contributed by atoms with E-state index in [1.165, 1.54) is 0 Å². The van der Waals surface area contributed by atoms with E-state index in [1.807, 2.05) is 0 Å². The molecule has 0 unspecified atom stereocenters. The fourth-order valence-electron chi connectivity index (χ4n) is 0. The van der Waals surface area contributed by atoms with E-state index in [0.29, 0.717) is 0 Å². The SMILES string of the molecule is CC(C)O.OCO. The maximum atomic E-state index is 8.06. The number of hydrogen-bond donors (Lipinski definition) is 3. The molecule has 3 nitrogen and oxygen atoms in total. The van der Waals surface area contributed by atoms with E-state index in [9.17, 15) is 0 Å². The van der Waals surface area contributed by atoms with Crippen molar-refractivity contribution in [2.75, 3.05) is 6.79 Å². The van der Waals surface area contributed by atoms with Crippen LogP contribution in [0, 0.1) is 0 Å². The topological polar surface area (TPSA) is 60.7 Å². The zero-order valence-electron chi connectivity index (χ0n) is 4.63. The predicted molar refractivity (Wildman–Crippen MR) is 26.7 cm³/mol. The Bertz CT molecular complexity index is 18.1. The summed E-state index contributed by atoms with van der Waals surface area (Å²) in [6.07, 6.45) is -0.167. The first-order valence-corrected chi connectivity index (χ1v) is 2.05. The molecule has 0 fully saturated rings. The molecule has 0 radical (unpaired) electrons. The fourth-order valence-corrected chi connectivity index (χ4v) is 0. The Hall–Kier alpha value is -0.120. The van der Waals surface area contributed by atoms with Crippen LogP contribution in [0.5, 0.6) is 0 Å². The highest BCUT2D eigenvalue weighted by molar-refractivity contribution is 4.20. The van der Waals surface area contributed by atoms with Crippen molar-refractivity contribution < 1.29 is 15.3 Å². The minimum Gasteiger partial charge on any atom is -0.394 e. The normalized spacial score (nSPS) is 7.71. The van der Waals surface area contributed by atoms with E-state index >= 15 is 0 Å². The maximum Gasteiger partial charge on any atom is 0.140 e. The first-order valence-electron chi connectivity index (χ1n) is 2.05. The number of hydrogen-bond acceptors (Lipinski definition) is 3. The Morgan fingerprint density at radius 3 is 1.29 bits per heavy atom. The summed E-state index contributed by atoms with van der Waals surface area (Å²) in [5, 5.41) is 22.3. The molecule has 0 aliphatic heterocycles. The summed E-state index contributed by atoms with van der Waals surface area (Å²) in [5.41, 5.74) is 0. The smallest absolute Gasteiger partial charge is 0.140 e. The summed E-state index contributed by atoms with van der Waals surface area (Å²) in [4.78, 5) is 0. The van der Waals surface area contributed by atoms with E-state index < -0.39 is 6.79 Å². The molecule has 0 heterocycles. The van der Waals surface area contributed by atoms with Crippen LogP contribution in [0.4, 0.5) is 0 Å². The van der Waals surface area contributed by atoms with Crippen molar-refractivity contribution in [3.8, 4) is 0 Å². The van der Waals surface area contributed by atoms with Gasteiger partial charge in [0.15, 0.2) is 0 Å². The lowest BCUT2D eigenvalue weighted by atomic mass is 10.5. The average Bonchev–Trinajstić information content (AvgIpc) is 1.33. The lowest BCUT2D eigenvalue weighted by molar-refractivity contribution is 0.0773. The lowest BCUT2D eigenvalue weighted by Gasteiger charge is -1.80. The third-order valence-electron chi connectivity index (χ3n) is 0. The highest BCUT2D eigenvalue weighted by Crippen LogP contribution is 1.65. The van der Waals surface area contributed by atoms with Gasteiger partial charge in [-0.1, -0.05) is 0 Å². The van der Waals surface area contributed by atoms with E-state index in [-0.39, 0.29) is 6.10 Å². The summed E-state index contributed by atoms with van der Waals surface area (Å²) >= 11 is 0. The van der Waals surface area contributed by atoms with Gasteiger partial charge in [-0.05, 0) is 13.8 Å². The van der Waals surface area contributed by atoms with Gasteiger partial charge in [0.1, 0.15) is 6.79 Å². The Labute approximate surface area is 43.2 Å². The minimum absolute atomic E-state index is 0.167. The molecule has 0 aromatic carbocycles. The average molecular weight is 108 g/mol. The standard InChI is InChI=1S/C3H8O.CH4O2/c1-3(2)4;2-1-3/h3-4H,1-2H3;2-3H,1H2. The van der Waals surface area contributed by atoms with Gasteiger partial charge < -0.3 is 15.3 Å². The third kappa shape index (κ3) is 6150. The predicted octanol–water partition coefficient (Wildman–Crippen LogP) is -0.684. The molecule has 3 heteroatoms. The van der Waals surface area contributed by atoms with Crippen LogP contribution in [0.15, 0.2) is 0 Å². The molecule has 0 aromatic rings. The molecular weight excluding hydrogens is 96.0 g/mol. The van der Waals surface area contributed by atoms with Gasteiger partial charge in [-0.25, -0.2) is 0 Å². The monoisotopic (exact) mass is 108 g/mol. The number of aliphatic hydroxyl groups excluding tert-OH is 2. The van der Waals surface area contributed by atoms with Crippen LogP contribution in [-0.4, -0.2) is 28.2 Å². The molecule has 0 saturated heterocycles. The quantitative estimate of drug-likeness (QED) is 0.360. The molecule has 0 rings (SSSR count). The van der Waals surface area contributed by atoms with Crippen molar-refractivity contribution in [2.45, 2.75) is 20.0 Å². The zero-order valence-corrected chi connectivity index (χ0v) is 4.63. The second kappa shape index (κ2) is 9.30. The lowest BCUT2D eigenvalue weighted by Crippen LogP contribution is -1.85. The van der Waals surface area contributed by atoms with Crippen LogP contribution in [0.1, 0.15) is 13.8 Å². The van der Waals surface area contributed by atoms with Crippen molar-refractivity contribution in [3.63, 3.8) is 0 Å². The molecule has 0 atom stereocenters. The van der Waals surface area contributed by atoms with Gasteiger partial charge >= 0.3 is 0 Å². The van der Waals surface area contributed by atoms with E-state index in [2.05, 4.69) is 0 Å². The molecule has 0 saturated carbocycles.